The van der Waals surface area contributed by atoms with Gasteiger partial charge in [0.15, 0.2) is 5.79 Å². The maximum Gasteiger partial charge on any atom is 0.162 e. The van der Waals surface area contributed by atoms with E-state index in [0.717, 1.165) is 5.56 Å². The highest BCUT2D eigenvalue weighted by Crippen LogP contribution is 2.19. The molecule has 18 heavy (non-hydrogen) atoms. The first kappa shape index (κ1) is 13.5. The fraction of sp³-hybridized carbons (Fsp3) is 0.571. The van der Waals surface area contributed by atoms with E-state index < -0.39 is 5.79 Å². The number of rotatable bonds is 4. The molecule has 1 aliphatic rings. The van der Waals surface area contributed by atoms with Crippen molar-refractivity contribution in [3.63, 3.8) is 0 Å². The molecule has 1 heterocycles. The van der Waals surface area contributed by atoms with Gasteiger partial charge in [0.05, 0.1) is 31.9 Å². The van der Waals surface area contributed by atoms with Crippen molar-refractivity contribution in [3.8, 4) is 0 Å². The zero-order valence-corrected chi connectivity index (χ0v) is 10.9. The third-order valence-corrected chi connectivity index (χ3v) is 3.09. The summed E-state index contributed by atoms with van der Waals surface area (Å²) in [5.41, 5.74) is 1.07. The van der Waals surface area contributed by atoms with Crippen LogP contribution in [0, 0.1) is 0 Å². The molecule has 4 nitrogen and oxygen atoms in total. The summed E-state index contributed by atoms with van der Waals surface area (Å²) in [6.45, 7) is 5.06. The maximum absolute atomic E-state index is 9.47. The molecule has 0 spiro atoms. The SMILES string of the molecule is CC1(C)OCC(N[C@@H](CO)c2ccccc2)CO1. The number of ether oxygens (including phenoxy) is 2. The fourth-order valence-electron chi connectivity index (χ4n) is 2.01. The van der Waals surface area contributed by atoms with Crippen molar-refractivity contribution < 1.29 is 14.6 Å². The van der Waals surface area contributed by atoms with Crippen LogP contribution in [0.4, 0.5) is 0 Å². The van der Waals surface area contributed by atoms with Gasteiger partial charge in [-0.25, -0.2) is 0 Å². The van der Waals surface area contributed by atoms with E-state index in [9.17, 15) is 5.11 Å². The third-order valence-electron chi connectivity index (χ3n) is 3.09. The van der Waals surface area contributed by atoms with E-state index in [4.69, 9.17) is 9.47 Å². The molecule has 1 aromatic carbocycles. The Bertz CT molecular complexity index is 357. The predicted molar refractivity (Wildman–Crippen MR) is 69.2 cm³/mol. The summed E-state index contributed by atoms with van der Waals surface area (Å²) >= 11 is 0. The monoisotopic (exact) mass is 251 g/mol. The molecule has 0 saturated carbocycles. The minimum atomic E-state index is -0.500. The van der Waals surface area contributed by atoms with Crippen LogP contribution in [0.25, 0.3) is 0 Å². The quantitative estimate of drug-likeness (QED) is 0.850. The Hall–Kier alpha value is -0.940. The Labute approximate surface area is 108 Å². The molecule has 0 unspecified atom stereocenters. The molecule has 4 heteroatoms. The largest absolute Gasteiger partial charge is 0.394 e. The highest BCUT2D eigenvalue weighted by atomic mass is 16.7. The normalized spacial score (nSPS) is 21.7. The van der Waals surface area contributed by atoms with Crippen molar-refractivity contribution >= 4 is 0 Å². The Morgan fingerprint density at radius 3 is 2.44 bits per heavy atom. The molecule has 2 rings (SSSR count). The predicted octanol–water partition coefficient (Wildman–Crippen LogP) is 1.46. The van der Waals surface area contributed by atoms with Crippen molar-refractivity contribution in [2.24, 2.45) is 0 Å². The van der Waals surface area contributed by atoms with E-state index in [0.29, 0.717) is 13.2 Å². The molecule has 1 aromatic rings. The molecule has 100 valence electrons. The van der Waals surface area contributed by atoms with Crippen LogP contribution in [0.15, 0.2) is 30.3 Å². The van der Waals surface area contributed by atoms with Gasteiger partial charge < -0.3 is 19.9 Å². The summed E-state index contributed by atoms with van der Waals surface area (Å²) in [5.74, 6) is -0.500. The molecule has 0 aliphatic carbocycles. The molecule has 1 fully saturated rings. The minimum Gasteiger partial charge on any atom is -0.394 e. The van der Waals surface area contributed by atoms with E-state index >= 15 is 0 Å². The number of benzene rings is 1. The average Bonchev–Trinajstić information content (AvgIpc) is 2.39. The van der Waals surface area contributed by atoms with Gasteiger partial charge in [0.1, 0.15) is 0 Å². The average molecular weight is 251 g/mol. The fourth-order valence-corrected chi connectivity index (χ4v) is 2.01. The van der Waals surface area contributed by atoms with Crippen LogP contribution in [0.2, 0.25) is 0 Å². The summed E-state index contributed by atoms with van der Waals surface area (Å²) < 4.78 is 11.2. The summed E-state index contributed by atoms with van der Waals surface area (Å²) in [6, 6.07) is 9.94. The molecule has 2 N–H and O–H groups in total. The second kappa shape index (κ2) is 5.80. The lowest BCUT2D eigenvalue weighted by Crippen LogP contribution is -2.49. The van der Waals surface area contributed by atoms with Gasteiger partial charge in [-0.3, -0.25) is 0 Å². The Morgan fingerprint density at radius 1 is 1.28 bits per heavy atom. The summed E-state index contributed by atoms with van der Waals surface area (Å²) in [6.07, 6.45) is 0. The second-order valence-corrected chi connectivity index (χ2v) is 5.03. The van der Waals surface area contributed by atoms with Gasteiger partial charge in [0, 0.05) is 0 Å². The lowest BCUT2D eigenvalue weighted by atomic mass is 10.1. The topological polar surface area (TPSA) is 50.7 Å². The van der Waals surface area contributed by atoms with Gasteiger partial charge in [0.25, 0.3) is 0 Å². The molecule has 1 saturated heterocycles. The third kappa shape index (κ3) is 3.53. The zero-order valence-electron chi connectivity index (χ0n) is 10.9. The Kier molecular flexibility index (Phi) is 4.35. The smallest absolute Gasteiger partial charge is 0.162 e. The van der Waals surface area contributed by atoms with Gasteiger partial charge in [0.2, 0.25) is 0 Å². The standard InChI is InChI=1S/C14H21NO3/c1-14(2)17-9-12(10-18-14)15-13(8-16)11-6-4-3-5-7-11/h3-7,12-13,15-16H,8-10H2,1-2H3/t13-/m0/s1. The van der Waals surface area contributed by atoms with Crippen molar-refractivity contribution in [1.82, 2.24) is 5.32 Å². The number of nitrogens with one attached hydrogen (secondary N) is 1. The number of hydrogen-bond donors (Lipinski definition) is 2. The molecule has 0 bridgehead atoms. The molecule has 0 amide bonds. The molecule has 1 aliphatic heterocycles. The number of aliphatic hydroxyl groups excluding tert-OH is 1. The maximum atomic E-state index is 9.47. The van der Waals surface area contributed by atoms with Crippen LogP contribution >= 0.6 is 0 Å². The first-order chi connectivity index (χ1) is 8.61. The summed E-state index contributed by atoms with van der Waals surface area (Å²) in [7, 11) is 0. The summed E-state index contributed by atoms with van der Waals surface area (Å²) in [4.78, 5) is 0. The lowest BCUT2D eigenvalue weighted by molar-refractivity contribution is -0.253. The highest BCUT2D eigenvalue weighted by Gasteiger charge is 2.29. The van der Waals surface area contributed by atoms with E-state index in [2.05, 4.69) is 5.32 Å². The first-order valence-corrected chi connectivity index (χ1v) is 6.30. The van der Waals surface area contributed by atoms with Crippen molar-refractivity contribution in [1.29, 1.82) is 0 Å². The minimum absolute atomic E-state index is 0.0594. The molecule has 0 radical (unpaired) electrons. The second-order valence-electron chi connectivity index (χ2n) is 5.03. The number of aliphatic hydroxyl groups is 1. The molecular formula is C14H21NO3. The Balaban J connectivity index is 1.92. The van der Waals surface area contributed by atoms with Crippen LogP contribution in [-0.4, -0.2) is 36.8 Å². The molecule has 1 atom stereocenters. The van der Waals surface area contributed by atoms with Crippen LogP contribution < -0.4 is 5.32 Å². The van der Waals surface area contributed by atoms with Crippen LogP contribution in [0.1, 0.15) is 25.5 Å². The van der Waals surface area contributed by atoms with Gasteiger partial charge in [-0.05, 0) is 19.4 Å². The van der Waals surface area contributed by atoms with E-state index in [1.54, 1.807) is 0 Å². The molecule has 0 aromatic heterocycles. The van der Waals surface area contributed by atoms with Crippen LogP contribution in [0.3, 0.4) is 0 Å². The highest BCUT2D eigenvalue weighted by molar-refractivity contribution is 5.19. The lowest BCUT2D eigenvalue weighted by Gasteiger charge is -2.36. The first-order valence-electron chi connectivity index (χ1n) is 6.30. The molecular weight excluding hydrogens is 230 g/mol. The summed E-state index contributed by atoms with van der Waals surface area (Å²) in [5, 5.41) is 12.8. The number of hydrogen-bond acceptors (Lipinski definition) is 4. The zero-order chi connectivity index (χ0) is 13.0. The van der Waals surface area contributed by atoms with Crippen LogP contribution in [-0.2, 0) is 9.47 Å². The van der Waals surface area contributed by atoms with E-state index in [-0.39, 0.29) is 18.7 Å². The van der Waals surface area contributed by atoms with E-state index in [1.807, 2.05) is 44.2 Å². The van der Waals surface area contributed by atoms with Gasteiger partial charge in [-0.15, -0.1) is 0 Å². The van der Waals surface area contributed by atoms with Crippen LogP contribution in [0.5, 0.6) is 0 Å². The van der Waals surface area contributed by atoms with Crippen molar-refractivity contribution in [3.05, 3.63) is 35.9 Å². The van der Waals surface area contributed by atoms with Gasteiger partial charge in [-0.1, -0.05) is 30.3 Å². The van der Waals surface area contributed by atoms with Crippen molar-refractivity contribution in [2.45, 2.75) is 31.7 Å². The van der Waals surface area contributed by atoms with Gasteiger partial charge in [-0.2, -0.15) is 0 Å². The van der Waals surface area contributed by atoms with Crippen molar-refractivity contribution in [2.75, 3.05) is 19.8 Å². The van der Waals surface area contributed by atoms with Gasteiger partial charge >= 0.3 is 0 Å². The van der Waals surface area contributed by atoms with E-state index in [1.165, 1.54) is 0 Å². The Morgan fingerprint density at radius 2 is 1.89 bits per heavy atom.